The summed E-state index contributed by atoms with van der Waals surface area (Å²) >= 11 is 1.63. The van der Waals surface area contributed by atoms with Crippen molar-refractivity contribution < 1.29 is 9.59 Å². The highest BCUT2D eigenvalue weighted by molar-refractivity contribution is 7.07. The zero-order valence-electron chi connectivity index (χ0n) is 10.9. The molecule has 1 aliphatic rings. The summed E-state index contributed by atoms with van der Waals surface area (Å²) < 4.78 is 0. The number of hydrogen-bond donors (Lipinski definition) is 2. The van der Waals surface area contributed by atoms with Gasteiger partial charge in [-0.3, -0.25) is 9.59 Å². The molecule has 1 saturated heterocycles. The minimum absolute atomic E-state index is 0.408. The summed E-state index contributed by atoms with van der Waals surface area (Å²) in [6, 6.07) is 2.03. The van der Waals surface area contributed by atoms with Crippen molar-refractivity contribution in [1.29, 1.82) is 0 Å². The Morgan fingerprint density at radius 1 is 1.37 bits per heavy atom. The standard InChI is InChI=1S/C13H19N3O2S/c17-12(15-5-2-11-3-9-19-10-11)13(18)16-7-1-4-14-6-8-16/h3,9-10,14H,1-2,4-8H2,(H,15,17). The van der Waals surface area contributed by atoms with Gasteiger partial charge in [-0.2, -0.15) is 11.3 Å². The fourth-order valence-corrected chi connectivity index (χ4v) is 2.73. The fourth-order valence-electron chi connectivity index (χ4n) is 2.02. The Kier molecular flexibility index (Phi) is 5.35. The van der Waals surface area contributed by atoms with Crippen LogP contribution >= 0.6 is 11.3 Å². The Morgan fingerprint density at radius 3 is 3.05 bits per heavy atom. The van der Waals surface area contributed by atoms with Crippen molar-refractivity contribution in [2.45, 2.75) is 12.8 Å². The minimum Gasteiger partial charge on any atom is -0.347 e. The molecule has 6 heteroatoms. The smallest absolute Gasteiger partial charge is 0.311 e. The summed E-state index contributed by atoms with van der Waals surface area (Å²) in [5, 5.41) is 9.96. The summed E-state index contributed by atoms with van der Waals surface area (Å²) in [5.41, 5.74) is 1.19. The first-order chi connectivity index (χ1) is 9.27. The third-order valence-electron chi connectivity index (χ3n) is 3.10. The lowest BCUT2D eigenvalue weighted by Gasteiger charge is -2.19. The van der Waals surface area contributed by atoms with Crippen LogP contribution in [0.5, 0.6) is 0 Å². The molecule has 2 rings (SSSR count). The van der Waals surface area contributed by atoms with E-state index < -0.39 is 11.8 Å². The molecule has 0 aromatic carbocycles. The lowest BCUT2D eigenvalue weighted by Crippen LogP contribution is -2.44. The molecule has 104 valence electrons. The maximum absolute atomic E-state index is 11.9. The lowest BCUT2D eigenvalue weighted by molar-refractivity contribution is -0.145. The summed E-state index contributed by atoms with van der Waals surface area (Å²) in [5.74, 6) is -0.897. The van der Waals surface area contributed by atoms with Gasteiger partial charge in [0, 0.05) is 26.2 Å². The first-order valence-electron chi connectivity index (χ1n) is 6.56. The topological polar surface area (TPSA) is 61.4 Å². The van der Waals surface area contributed by atoms with Crippen molar-refractivity contribution in [3.8, 4) is 0 Å². The molecular formula is C13H19N3O2S. The van der Waals surface area contributed by atoms with Gasteiger partial charge in [0.05, 0.1) is 0 Å². The van der Waals surface area contributed by atoms with E-state index in [0.717, 1.165) is 25.9 Å². The van der Waals surface area contributed by atoms with Gasteiger partial charge in [0.15, 0.2) is 0 Å². The number of carbonyl (C=O) groups is 2. The highest BCUT2D eigenvalue weighted by Gasteiger charge is 2.21. The van der Waals surface area contributed by atoms with E-state index in [9.17, 15) is 9.59 Å². The highest BCUT2D eigenvalue weighted by Crippen LogP contribution is 2.05. The van der Waals surface area contributed by atoms with Gasteiger partial charge in [-0.05, 0) is 41.8 Å². The van der Waals surface area contributed by atoms with Crippen molar-refractivity contribution in [2.75, 3.05) is 32.7 Å². The van der Waals surface area contributed by atoms with E-state index in [1.165, 1.54) is 5.56 Å². The molecule has 19 heavy (non-hydrogen) atoms. The van der Waals surface area contributed by atoms with E-state index in [1.807, 2.05) is 11.4 Å². The SMILES string of the molecule is O=C(NCCc1ccsc1)C(=O)N1CCCNCC1. The lowest BCUT2D eigenvalue weighted by atomic mass is 10.2. The largest absolute Gasteiger partial charge is 0.347 e. The Morgan fingerprint density at radius 2 is 2.26 bits per heavy atom. The van der Waals surface area contributed by atoms with Crippen molar-refractivity contribution in [1.82, 2.24) is 15.5 Å². The number of hydrogen-bond acceptors (Lipinski definition) is 4. The summed E-state index contributed by atoms with van der Waals surface area (Å²) in [6.45, 7) is 3.44. The number of thiophene rings is 1. The molecule has 1 fully saturated rings. The molecule has 0 unspecified atom stereocenters. The van der Waals surface area contributed by atoms with Crippen LogP contribution in [-0.4, -0.2) is 49.4 Å². The molecule has 0 aliphatic carbocycles. The molecule has 1 aliphatic heterocycles. The number of amides is 2. The Hall–Kier alpha value is -1.40. The van der Waals surface area contributed by atoms with Gasteiger partial charge in [0.25, 0.3) is 0 Å². The first-order valence-corrected chi connectivity index (χ1v) is 7.50. The number of rotatable bonds is 3. The second kappa shape index (κ2) is 7.25. The van der Waals surface area contributed by atoms with Crippen LogP contribution < -0.4 is 10.6 Å². The molecule has 5 nitrogen and oxygen atoms in total. The zero-order chi connectivity index (χ0) is 13.5. The maximum Gasteiger partial charge on any atom is 0.311 e. The molecule has 0 spiro atoms. The van der Waals surface area contributed by atoms with Crippen LogP contribution in [0.1, 0.15) is 12.0 Å². The predicted octanol–water partition coefficient (Wildman–Crippen LogP) is 0.229. The maximum atomic E-state index is 11.9. The quantitative estimate of drug-likeness (QED) is 0.780. The number of carbonyl (C=O) groups excluding carboxylic acids is 2. The van der Waals surface area contributed by atoms with Crippen LogP contribution in [0.4, 0.5) is 0 Å². The molecular weight excluding hydrogens is 262 g/mol. The van der Waals surface area contributed by atoms with Crippen molar-refractivity contribution >= 4 is 23.2 Å². The average Bonchev–Trinajstić information content (AvgIpc) is 2.78. The molecule has 2 amide bonds. The first kappa shape index (κ1) is 14.0. The predicted molar refractivity (Wildman–Crippen MR) is 75.1 cm³/mol. The molecule has 0 bridgehead atoms. The zero-order valence-corrected chi connectivity index (χ0v) is 11.7. The number of nitrogens with one attached hydrogen (secondary N) is 2. The third kappa shape index (κ3) is 4.33. The molecule has 1 aromatic rings. The van der Waals surface area contributed by atoms with E-state index in [0.29, 0.717) is 19.6 Å². The van der Waals surface area contributed by atoms with Gasteiger partial charge in [0.2, 0.25) is 0 Å². The molecule has 2 N–H and O–H groups in total. The Balaban J connectivity index is 1.73. The second-order valence-electron chi connectivity index (χ2n) is 4.53. The molecule has 1 aromatic heterocycles. The van der Waals surface area contributed by atoms with Gasteiger partial charge in [0.1, 0.15) is 0 Å². The molecule has 0 radical (unpaired) electrons. The van der Waals surface area contributed by atoms with Crippen molar-refractivity contribution in [2.24, 2.45) is 0 Å². The van der Waals surface area contributed by atoms with Crippen LogP contribution in [0.25, 0.3) is 0 Å². The normalized spacial score (nSPS) is 15.9. The highest BCUT2D eigenvalue weighted by atomic mass is 32.1. The summed E-state index contributed by atoms with van der Waals surface area (Å²) in [7, 11) is 0. The van der Waals surface area contributed by atoms with Crippen LogP contribution in [0.2, 0.25) is 0 Å². The van der Waals surface area contributed by atoms with E-state index in [1.54, 1.807) is 16.2 Å². The average molecular weight is 281 g/mol. The van der Waals surface area contributed by atoms with Crippen molar-refractivity contribution in [3.63, 3.8) is 0 Å². The van der Waals surface area contributed by atoms with Crippen molar-refractivity contribution in [3.05, 3.63) is 22.4 Å². The van der Waals surface area contributed by atoms with E-state index in [-0.39, 0.29) is 0 Å². The van der Waals surface area contributed by atoms with Gasteiger partial charge < -0.3 is 15.5 Å². The van der Waals surface area contributed by atoms with E-state index in [4.69, 9.17) is 0 Å². The minimum atomic E-state index is -0.489. The van der Waals surface area contributed by atoms with Crippen LogP contribution in [0, 0.1) is 0 Å². The Bertz CT molecular complexity index is 412. The van der Waals surface area contributed by atoms with Gasteiger partial charge in [-0.15, -0.1) is 0 Å². The molecule has 0 atom stereocenters. The van der Waals surface area contributed by atoms with E-state index >= 15 is 0 Å². The second-order valence-corrected chi connectivity index (χ2v) is 5.31. The summed E-state index contributed by atoms with van der Waals surface area (Å²) in [6.07, 6.45) is 1.66. The van der Waals surface area contributed by atoms with Gasteiger partial charge in [-0.25, -0.2) is 0 Å². The van der Waals surface area contributed by atoms with Crippen LogP contribution in [0.3, 0.4) is 0 Å². The fraction of sp³-hybridized carbons (Fsp3) is 0.538. The monoisotopic (exact) mass is 281 g/mol. The van der Waals surface area contributed by atoms with E-state index in [2.05, 4.69) is 16.0 Å². The van der Waals surface area contributed by atoms with Crippen LogP contribution in [-0.2, 0) is 16.0 Å². The third-order valence-corrected chi connectivity index (χ3v) is 3.83. The number of nitrogens with zero attached hydrogens (tertiary/aromatic N) is 1. The van der Waals surface area contributed by atoms with Gasteiger partial charge >= 0.3 is 11.8 Å². The molecule has 0 saturated carbocycles. The van der Waals surface area contributed by atoms with Crippen LogP contribution in [0.15, 0.2) is 16.8 Å². The Labute approximate surface area is 117 Å². The summed E-state index contributed by atoms with van der Waals surface area (Å²) in [4.78, 5) is 25.3. The molecule has 2 heterocycles. The van der Waals surface area contributed by atoms with Gasteiger partial charge in [-0.1, -0.05) is 0 Å².